The van der Waals surface area contributed by atoms with Crippen molar-refractivity contribution < 1.29 is 20.1 Å². The third kappa shape index (κ3) is 5.68. The van der Waals surface area contributed by atoms with Crippen LogP contribution in [0.1, 0.15) is 56.9 Å². The molecule has 0 aliphatic heterocycles. The molecule has 4 heteroatoms. The Morgan fingerprint density at radius 2 is 1.50 bits per heavy atom. The van der Waals surface area contributed by atoms with Crippen LogP contribution in [-0.4, -0.2) is 9.97 Å². The number of pyridine rings is 2. The van der Waals surface area contributed by atoms with E-state index in [9.17, 15) is 0 Å². The minimum absolute atomic E-state index is 0. The van der Waals surface area contributed by atoms with Gasteiger partial charge in [0.1, 0.15) is 0 Å². The molecule has 0 atom stereocenters. The van der Waals surface area contributed by atoms with E-state index in [1.807, 2.05) is 30.5 Å². The molecule has 3 aromatic carbocycles. The van der Waals surface area contributed by atoms with E-state index in [2.05, 4.69) is 100 Å². The van der Waals surface area contributed by atoms with Crippen LogP contribution in [0.25, 0.3) is 33.6 Å². The third-order valence-corrected chi connectivity index (χ3v) is 7.27. The van der Waals surface area contributed by atoms with Gasteiger partial charge in [-0.3, -0.25) is 0 Å². The summed E-state index contributed by atoms with van der Waals surface area (Å²) in [6, 6.07) is 36.9. The summed E-state index contributed by atoms with van der Waals surface area (Å²) in [6.07, 6.45) is 3.65. The molecule has 201 valence electrons. The quantitative estimate of drug-likeness (QED) is 0.174. The van der Waals surface area contributed by atoms with Crippen molar-refractivity contribution in [2.24, 2.45) is 0 Å². The smallest absolute Gasteiger partial charge is 0.0789 e. The van der Waals surface area contributed by atoms with Gasteiger partial charge >= 0.3 is 0 Å². The summed E-state index contributed by atoms with van der Waals surface area (Å²) in [5.74, 6) is 0. The van der Waals surface area contributed by atoms with Crippen LogP contribution >= 0.6 is 0 Å². The van der Waals surface area contributed by atoms with Crippen LogP contribution in [0.15, 0.2) is 97.3 Å². The van der Waals surface area contributed by atoms with Crippen molar-refractivity contribution in [1.29, 1.82) is 5.26 Å². The van der Waals surface area contributed by atoms with Crippen molar-refractivity contribution in [2.45, 2.75) is 45.4 Å². The molecule has 1 radical (unpaired) electrons. The second kappa shape index (κ2) is 11.7. The molecule has 0 spiro atoms. The van der Waals surface area contributed by atoms with Gasteiger partial charge in [-0.2, -0.15) is 5.26 Å². The van der Waals surface area contributed by atoms with E-state index in [4.69, 9.17) is 10.2 Å². The fraction of sp³-hybridized carbons (Fsp3) is 0.194. The molecule has 6 rings (SSSR count). The normalized spacial score (nSPS) is 12.6. The van der Waals surface area contributed by atoms with Crippen LogP contribution < -0.4 is 0 Å². The average Bonchev–Trinajstić information content (AvgIpc) is 3.20. The Kier molecular flexibility index (Phi) is 8.50. The second-order valence-electron chi connectivity index (χ2n) is 11.3. The van der Waals surface area contributed by atoms with Gasteiger partial charge in [0.25, 0.3) is 0 Å². The molecule has 1 aliphatic carbocycles. The predicted molar refractivity (Wildman–Crippen MR) is 158 cm³/mol. The number of fused-ring (bicyclic) bond motifs is 3. The fourth-order valence-electron chi connectivity index (χ4n) is 5.21. The summed E-state index contributed by atoms with van der Waals surface area (Å²) in [6.45, 7) is 11.3. The van der Waals surface area contributed by atoms with E-state index in [0.717, 1.165) is 22.5 Å². The topological polar surface area (TPSA) is 49.6 Å². The maximum absolute atomic E-state index is 8.72. The zero-order chi connectivity index (χ0) is 27.6. The van der Waals surface area contributed by atoms with Crippen LogP contribution in [-0.2, 0) is 30.9 Å². The largest absolute Gasteiger partial charge is 0.305 e. The SMILES string of the molecule is CC(C)(C)c1ccnc(-c2[c-]ccc3c2C(C)(C)c2ccccc2-3)c1.N#Cc1cc[c-]c(-c2ccccn2)c1.[Ir]. The first-order valence-corrected chi connectivity index (χ1v) is 13.2. The summed E-state index contributed by atoms with van der Waals surface area (Å²) in [7, 11) is 0. The van der Waals surface area contributed by atoms with Crippen LogP contribution in [0, 0.1) is 23.5 Å². The summed E-state index contributed by atoms with van der Waals surface area (Å²) >= 11 is 0. The van der Waals surface area contributed by atoms with Crippen molar-refractivity contribution >= 4 is 0 Å². The Bertz CT molecular complexity index is 1680. The standard InChI is InChI=1S/C24H24N.C12H7N2.Ir/c1-23(2,3)16-13-14-25-21(15-16)19-11-8-10-18-17-9-6-7-12-20(17)24(4,5)22(18)19;13-9-10-4-3-5-11(8-10)12-6-1-2-7-14-12;/h6-10,12-15H,1-5H3;1-4,6-8H;/q2*-1;. The molecule has 1 aliphatic rings. The van der Waals surface area contributed by atoms with Crippen molar-refractivity contribution in [1.82, 2.24) is 9.97 Å². The number of nitriles is 1. The molecular weight excluding hydrogens is 667 g/mol. The summed E-state index contributed by atoms with van der Waals surface area (Å²) < 4.78 is 0. The first kappa shape index (κ1) is 29.1. The zero-order valence-electron chi connectivity index (χ0n) is 23.4. The molecule has 0 N–H and O–H groups in total. The van der Waals surface area contributed by atoms with E-state index >= 15 is 0 Å². The Morgan fingerprint density at radius 3 is 2.23 bits per heavy atom. The molecule has 0 amide bonds. The van der Waals surface area contributed by atoms with Gasteiger partial charge in [-0.05, 0) is 56.6 Å². The molecular formula is C36H31IrN3-2. The van der Waals surface area contributed by atoms with Crippen molar-refractivity contribution in [3.8, 4) is 39.7 Å². The van der Waals surface area contributed by atoms with Gasteiger partial charge in [0.15, 0.2) is 0 Å². The van der Waals surface area contributed by atoms with Gasteiger partial charge < -0.3 is 9.97 Å². The van der Waals surface area contributed by atoms with Gasteiger partial charge in [-0.1, -0.05) is 82.6 Å². The van der Waals surface area contributed by atoms with E-state index in [-0.39, 0.29) is 30.9 Å². The molecule has 0 saturated carbocycles. The second-order valence-corrected chi connectivity index (χ2v) is 11.3. The van der Waals surface area contributed by atoms with Crippen molar-refractivity contribution in [3.05, 3.63) is 132 Å². The van der Waals surface area contributed by atoms with Crippen molar-refractivity contribution in [2.75, 3.05) is 0 Å². The van der Waals surface area contributed by atoms with Gasteiger partial charge in [-0.15, -0.1) is 59.2 Å². The maximum atomic E-state index is 8.72. The monoisotopic (exact) mass is 698 g/mol. The molecule has 2 heterocycles. The number of aromatic nitrogens is 2. The van der Waals surface area contributed by atoms with Crippen LogP contribution in [0.3, 0.4) is 0 Å². The molecule has 0 saturated heterocycles. The van der Waals surface area contributed by atoms with Crippen molar-refractivity contribution in [3.63, 3.8) is 0 Å². The van der Waals surface area contributed by atoms with Crippen LogP contribution in [0.5, 0.6) is 0 Å². The molecule has 2 aromatic heterocycles. The van der Waals surface area contributed by atoms with Gasteiger partial charge in [0.2, 0.25) is 0 Å². The molecule has 0 bridgehead atoms. The Morgan fingerprint density at radius 1 is 0.775 bits per heavy atom. The van der Waals surface area contributed by atoms with Gasteiger partial charge in [-0.25, -0.2) is 0 Å². The number of hydrogen-bond donors (Lipinski definition) is 0. The summed E-state index contributed by atoms with van der Waals surface area (Å²) in [4.78, 5) is 8.88. The van der Waals surface area contributed by atoms with Crippen LogP contribution in [0.2, 0.25) is 0 Å². The fourth-order valence-corrected chi connectivity index (χ4v) is 5.21. The van der Waals surface area contributed by atoms with E-state index in [0.29, 0.717) is 5.56 Å². The molecule has 40 heavy (non-hydrogen) atoms. The van der Waals surface area contributed by atoms with E-state index < -0.39 is 0 Å². The van der Waals surface area contributed by atoms with E-state index in [1.54, 1.807) is 24.4 Å². The molecule has 3 nitrogen and oxygen atoms in total. The minimum atomic E-state index is -0.0432. The average molecular weight is 698 g/mol. The first-order chi connectivity index (χ1) is 18.7. The maximum Gasteiger partial charge on any atom is 0.0789 e. The Hall–Kier alpha value is -3.90. The predicted octanol–water partition coefficient (Wildman–Crippen LogP) is 8.57. The van der Waals surface area contributed by atoms with Gasteiger partial charge in [0, 0.05) is 32.5 Å². The number of hydrogen-bond acceptors (Lipinski definition) is 3. The third-order valence-electron chi connectivity index (χ3n) is 7.27. The summed E-state index contributed by atoms with van der Waals surface area (Å²) in [5.41, 5.74) is 11.2. The van der Waals surface area contributed by atoms with Gasteiger partial charge in [0.05, 0.1) is 6.07 Å². The van der Waals surface area contributed by atoms with E-state index in [1.165, 1.54) is 27.8 Å². The number of benzene rings is 3. The Balaban J connectivity index is 0.000000210. The zero-order valence-corrected chi connectivity index (χ0v) is 25.8. The molecule has 0 fully saturated rings. The summed E-state index contributed by atoms with van der Waals surface area (Å²) in [5, 5.41) is 8.72. The number of nitrogens with zero attached hydrogens (tertiary/aromatic N) is 3. The number of rotatable bonds is 2. The minimum Gasteiger partial charge on any atom is -0.305 e. The Labute approximate surface area is 251 Å². The van der Waals surface area contributed by atoms with Crippen LogP contribution in [0.4, 0.5) is 0 Å². The molecule has 5 aromatic rings. The molecule has 0 unspecified atom stereocenters. The first-order valence-electron chi connectivity index (χ1n) is 13.2.